The molecular weight excluding hydrogens is 467 g/mol. The molecule has 32 heavy (non-hydrogen) atoms. The summed E-state index contributed by atoms with van der Waals surface area (Å²) < 4.78 is 5.41. The molecule has 1 heterocycles. The van der Waals surface area contributed by atoms with Crippen molar-refractivity contribution in [1.29, 1.82) is 0 Å². The van der Waals surface area contributed by atoms with Crippen molar-refractivity contribution >= 4 is 65.3 Å². The van der Waals surface area contributed by atoms with E-state index in [-0.39, 0.29) is 24.8 Å². The predicted octanol–water partition coefficient (Wildman–Crippen LogP) is 6.24. The van der Waals surface area contributed by atoms with Crippen LogP contribution in [-0.2, 0) is 0 Å². The first-order valence-electron chi connectivity index (χ1n) is 10.4. The minimum Gasteiger partial charge on any atom is -0.497 e. The van der Waals surface area contributed by atoms with Crippen LogP contribution in [0.25, 0.3) is 23.1 Å². The first kappa shape index (κ1) is 26.2. The average molecular weight is 496 g/mol. The lowest BCUT2D eigenvalue weighted by molar-refractivity contribution is 0.338. The molecular formula is C24H29Cl3N4O. The number of hydrogen-bond acceptors (Lipinski definition) is 5. The van der Waals surface area contributed by atoms with Crippen LogP contribution in [0.1, 0.15) is 37.1 Å². The van der Waals surface area contributed by atoms with E-state index in [1.165, 1.54) is 0 Å². The topological polar surface area (TPSA) is 73.1 Å². The monoisotopic (exact) mass is 494 g/mol. The van der Waals surface area contributed by atoms with E-state index in [0.29, 0.717) is 17.8 Å². The van der Waals surface area contributed by atoms with Crippen LogP contribution in [0.5, 0.6) is 5.75 Å². The molecule has 4 rings (SSSR count). The van der Waals surface area contributed by atoms with Crippen LogP contribution < -0.4 is 15.8 Å². The first-order chi connectivity index (χ1) is 14.6. The third kappa shape index (κ3) is 6.72. The Kier molecular flexibility index (Phi) is 10.0. The highest BCUT2D eigenvalue weighted by molar-refractivity contribution is 6.30. The molecule has 0 saturated heterocycles. The minimum absolute atomic E-state index is 0. The molecule has 0 atom stereocenters. The van der Waals surface area contributed by atoms with Crippen molar-refractivity contribution in [2.45, 2.75) is 31.7 Å². The second-order valence-electron chi connectivity index (χ2n) is 7.86. The Morgan fingerprint density at radius 3 is 2.44 bits per heavy atom. The zero-order valence-corrected chi connectivity index (χ0v) is 20.3. The van der Waals surface area contributed by atoms with Gasteiger partial charge in [0.15, 0.2) is 5.82 Å². The molecule has 0 bridgehead atoms. The van der Waals surface area contributed by atoms with Gasteiger partial charge in [0.2, 0.25) is 0 Å². The molecule has 172 valence electrons. The molecule has 5 nitrogen and oxygen atoms in total. The van der Waals surface area contributed by atoms with E-state index >= 15 is 0 Å². The van der Waals surface area contributed by atoms with Gasteiger partial charge in [0.1, 0.15) is 11.6 Å². The van der Waals surface area contributed by atoms with Crippen LogP contribution in [0.15, 0.2) is 42.5 Å². The summed E-state index contributed by atoms with van der Waals surface area (Å²) in [6.07, 6.45) is 8.43. The number of hydrogen-bond donors (Lipinski definition) is 2. The summed E-state index contributed by atoms with van der Waals surface area (Å²) in [5.41, 5.74) is 7.98. The second-order valence-corrected chi connectivity index (χ2v) is 8.30. The van der Waals surface area contributed by atoms with Crippen LogP contribution in [0.2, 0.25) is 5.02 Å². The quantitative estimate of drug-likeness (QED) is 0.424. The number of rotatable bonds is 6. The Labute approximate surface area is 206 Å². The maximum absolute atomic E-state index is 6.05. The molecule has 3 aromatic rings. The summed E-state index contributed by atoms with van der Waals surface area (Å²) in [4.78, 5) is 9.51. The molecule has 1 fully saturated rings. The van der Waals surface area contributed by atoms with Crippen molar-refractivity contribution in [1.82, 2.24) is 9.97 Å². The number of nitrogens with two attached hydrogens (primary N) is 1. The SMILES string of the molecule is COc1ccc2nc(C=Cc3ccc(Cl)cc3)nc(NC[C@H]3CC[C@@H](N)CC3)c2c1.Cl.Cl. The van der Waals surface area contributed by atoms with Crippen LogP contribution in [0.4, 0.5) is 5.82 Å². The summed E-state index contributed by atoms with van der Waals surface area (Å²) in [5, 5.41) is 5.25. The van der Waals surface area contributed by atoms with Gasteiger partial charge in [0.05, 0.1) is 12.6 Å². The van der Waals surface area contributed by atoms with Crippen molar-refractivity contribution in [2.24, 2.45) is 11.7 Å². The average Bonchev–Trinajstić information content (AvgIpc) is 2.78. The number of nitrogens with zero attached hydrogens (tertiary/aromatic N) is 2. The van der Waals surface area contributed by atoms with Gasteiger partial charge < -0.3 is 15.8 Å². The zero-order chi connectivity index (χ0) is 20.9. The molecule has 0 radical (unpaired) electrons. The van der Waals surface area contributed by atoms with Crippen molar-refractivity contribution < 1.29 is 4.74 Å². The molecule has 8 heteroatoms. The van der Waals surface area contributed by atoms with Gasteiger partial charge in [-0.3, -0.25) is 0 Å². The van der Waals surface area contributed by atoms with E-state index < -0.39 is 0 Å². The Balaban J connectivity index is 0.00000181. The molecule has 0 aliphatic heterocycles. The summed E-state index contributed by atoms with van der Waals surface area (Å²) >= 11 is 5.97. The van der Waals surface area contributed by atoms with Crippen LogP contribution in [0.3, 0.4) is 0 Å². The Hall–Kier alpha value is -2.05. The molecule has 1 aliphatic rings. The molecule has 0 unspecified atom stereocenters. The van der Waals surface area contributed by atoms with Crippen molar-refractivity contribution in [3.05, 3.63) is 58.9 Å². The Bertz CT molecular complexity index is 1040. The summed E-state index contributed by atoms with van der Waals surface area (Å²) in [7, 11) is 1.67. The lowest BCUT2D eigenvalue weighted by atomic mass is 9.86. The molecule has 1 aromatic heterocycles. The first-order valence-corrected chi connectivity index (χ1v) is 10.8. The summed E-state index contributed by atoms with van der Waals surface area (Å²) in [5.74, 6) is 2.91. The van der Waals surface area contributed by atoms with E-state index in [1.807, 2.05) is 54.6 Å². The van der Waals surface area contributed by atoms with E-state index in [2.05, 4.69) is 5.32 Å². The van der Waals surface area contributed by atoms with Crippen LogP contribution >= 0.6 is 36.4 Å². The lowest BCUT2D eigenvalue weighted by Crippen LogP contribution is -2.29. The number of nitrogens with one attached hydrogen (secondary N) is 1. The minimum atomic E-state index is 0. The lowest BCUT2D eigenvalue weighted by Gasteiger charge is -2.26. The zero-order valence-electron chi connectivity index (χ0n) is 18.0. The maximum Gasteiger partial charge on any atom is 0.154 e. The second kappa shape index (κ2) is 12.3. The molecule has 0 amide bonds. The third-order valence-electron chi connectivity index (χ3n) is 5.66. The van der Waals surface area contributed by atoms with Crippen LogP contribution in [0, 0.1) is 5.92 Å². The van der Waals surface area contributed by atoms with Gasteiger partial charge in [0, 0.05) is 23.0 Å². The largest absolute Gasteiger partial charge is 0.497 e. The van der Waals surface area contributed by atoms with Gasteiger partial charge in [0.25, 0.3) is 0 Å². The maximum atomic E-state index is 6.05. The smallest absolute Gasteiger partial charge is 0.154 e. The molecule has 2 aromatic carbocycles. The van der Waals surface area contributed by atoms with E-state index in [0.717, 1.165) is 65.3 Å². The number of aromatic nitrogens is 2. The van der Waals surface area contributed by atoms with E-state index in [4.69, 9.17) is 32.0 Å². The van der Waals surface area contributed by atoms with Crippen molar-refractivity contribution in [3.63, 3.8) is 0 Å². The molecule has 1 saturated carbocycles. The van der Waals surface area contributed by atoms with Gasteiger partial charge in [-0.1, -0.05) is 29.8 Å². The normalized spacial score (nSPS) is 18.1. The van der Waals surface area contributed by atoms with Gasteiger partial charge >= 0.3 is 0 Å². The Morgan fingerprint density at radius 1 is 1.03 bits per heavy atom. The fourth-order valence-electron chi connectivity index (χ4n) is 3.84. The van der Waals surface area contributed by atoms with Gasteiger partial charge in [-0.15, -0.1) is 24.8 Å². The highest BCUT2D eigenvalue weighted by Crippen LogP contribution is 2.28. The third-order valence-corrected chi connectivity index (χ3v) is 5.92. The van der Waals surface area contributed by atoms with E-state index in [9.17, 15) is 0 Å². The molecule has 1 aliphatic carbocycles. The number of fused-ring (bicyclic) bond motifs is 1. The molecule has 0 spiro atoms. The summed E-state index contributed by atoms with van der Waals surface area (Å²) in [6, 6.07) is 13.9. The van der Waals surface area contributed by atoms with Gasteiger partial charge in [-0.05, 0) is 73.6 Å². The Morgan fingerprint density at radius 2 is 1.75 bits per heavy atom. The van der Waals surface area contributed by atoms with Gasteiger partial charge in [-0.2, -0.15) is 0 Å². The highest BCUT2D eigenvalue weighted by Gasteiger charge is 2.19. The van der Waals surface area contributed by atoms with Gasteiger partial charge in [-0.25, -0.2) is 9.97 Å². The van der Waals surface area contributed by atoms with Crippen LogP contribution in [-0.4, -0.2) is 29.7 Å². The fraction of sp³-hybridized carbons (Fsp3) is 0.333. The van der Waals surface area contributed by atoms with Crippen molar-refractivity contribution in [3.8, 4) is 5.75 Å². The molecule has 3 N–H and O–H groups in total. The summed E-state index contributed by atoms with van der Waals surface area (Å²) in [6.45, 7) is 0.885. The number of methoxy groups -OCH3 is 1. The number of anilines is 1. The van der Waals surface area contributed by atoms with Crippen molar-refractivity contribution in [2.75, 3.05) is 19.0 Å². The number of halogens is 3. The standard InChI is InChI=1S/C24H27ClN4O.2ClH/c1-30-20-11-12-22-21(14-20)24(27-15-17-4-9-19(26)10-5-17)29-23(28-22)13-6-16-2-7-18(25)8-3-16;;/h2-3,6-8,11-14,17,19H,4-5,9-10,15,26H2,1H3,(H,27,28,29);2*1H/t17-,19+;;. The van der Waals surface area contributed by atoms with E-state index in [1.54, 1.807) is 7.11 Å². The number of benzene rings is 2. The number of ether oxygens (including phenoxy) is 1. The fourth-order valence-corrected chi connectivity index (χ4v) is 3.97. The predicted molar refractivity (Wildman–Crippen MR) is 139 cm³/mol. The highest BCUT2D eigenvalue weighted by atomic mass is 35.5.